The summed E-state index contributed by atoms with van der Waals surface area (Å²) in [5.74, 6) is -4.04. The third-order valence-corrected chi connectivity index (χ3v) is 15.1. The minimum Gasteiger partial charge on any atom is -0.508 e. The summed E-state index contributed by atoms with van der Waals surface area (Å²) >= 11 is 6.60. The lowest BCUT2D eigenvalue weighted by molar-refractivity contribution is -0.137. The number of rotatable bonds is 24. The number of Topliss-reactive ketones (excluding diaryl/α,β-unsaturated/α-hetero) is 1. The first-order chi connectivity index (χ1) is 41.6. The van der Waals surface area contributed by atoms with Crippen LogP contribution in [-0.4, -0.2) is 155 Å². The van der Waals surface area contributed by atoms with E-state index in [9.17, 15) is 53.1 Å². The quantitative estimate of drug-likeness (QED) is 0.0178. The molecule has 10 amide bonds. The number of amides is 10. The van der Waals surface area contributed by atoms with Crippen molar-refractivity contribution in [2.45, 2.75) is 58.6 Å². The number of ketones is 1. The number of halogens is 1. The summed E-state index contributed by atoms with van der Waals surface area (Å²) in [6.07, 6.45) is 1.46. The van der Waals surface area contributed by atoms with E-state index in [-0.39, 0.29) is 94.2 Å². The van der Waals surface area contributed by atoms with E-state index in [1.807, 2.05) is 25.1 Å². The summed E-state index contributed by atoms with van der Waals surface area (Å²) < 4.78 is 16.8. The van der Waals surface area contributed by atoms with Gasteiger partial charge in [0.25, 0.3) is 23.6 Å². The summed E-state index contributed by atoms with van der Waals surface area (Å²) in [7, 11) is 3.03. The molecule has 456 valence electrons. The number of alkyl carbamates (subject to hydrolysis) is 1. The van der Waals surface area contributed by atoms with Crippen LogP contribution in [0.3, 0.4) is 0 Å². The maximum absolute atomic E-state index is 14.5. The fraction of sp³-hybridized carbons (Fsp3) is 0.328. The molecule has 87 heavy (non-hydrogen) atoms. The van der Waals surface area contributed by atoms with Crippen LogP contribution in [-0.2, 0) is 35.3 Å². The number of aryl methyl sites for hydroxylation is 1. The molecule has 4 aromatic carbocycles. The third-order valence-electron chi connectivity index (χ3n) is 14.7. The van der Waals surface area contributed by atoms with Gasteiger partial charge in [0, 0.05) is 105 Å². The maximum atomic E-state index is 14.5. The number of aromatic hydroxyl groups is 1. The number of fused-ring (bicyclic) bond motifs is 4. The van der Waals surface area contributed by atoms with Gasteiger partial charge in [-0.15, -0.1) is 11.6 Å². The summed E-state index contributed by atoms with van der Waals surface area (Å²) in [5, 5.41) is 22.2. The second-order valence-corrected chi connectivity index (χ2v) is 21.6. The van der Waals surface area contributed by atoms with Gasteiger partial charge in [0.05, 0.1) is 30.2 Å². The molecule has 25 nitrogen and oxygen atoms in total. The van der Waals surface area contributed by atoms with Crippen LogP contribution < -0.4 is 36.6 Å². The predicted molar refractivity (Wildman–Crippen MR) is 321 cm³/mol. The number of hydrogen-bond acceptors (Lipinski definition) is 15. The molecular formula is C61H66ClN11O14. The number of likely N-dealkylation sites (N-methyl/N-ethyl adjacent to an activating group) is 2. The Hall–Kier alpha value is -10.0. The average Bonchev–Trinajstić information content (AvgIpc) is 1.70. The molecule has 8 rings (SSSR count). The third kappa shape index (κ3) is 15.6. The number of nitrogens with zero attached hydrogens (tertiary/aromatic N) is 5. The Balaban J connectivity index is 0.844. The molecule has 2 aromatic heterocycles. The minimum atomic E-state index is -1.06. The number of aromatic amines is 1. The van der Waals surface area contributed by atoms with Crippen LogP contribution in [0.4, 0.5) is 36.2 Å². The number of primary amides is 1. The van der Waals surface area contributed by atoms with Crippen molar-refractivity contribution in [3.63, 3.8) is 0 Å². The molecule has 6 aromatic rings. The Morgan fingerprint density at radius 3 is 2.25 bits per heavy atom. The first kappa shape index (κ1) is 63.0. The zero-order chi connectivity index (χ0) is 62.6. The van der Waals surface area contributed by atoms with Crippen LogP contribution in [0.2, 0.25) is 0 Å². The lowest BCUT2D eigenvalue weighted by Crippen LogP contribution is -2.46. The number of anilines is 3. The minimum absolute atomic E-state index is 0.0252. The highest BCUT2D eigenvalue weighted by molar-refractivity contribution is 6.19. The number of carbonyl (C=O) groups excluding carboxylic acids is 10. The number of urea groups is 1. The van der Waals surface area contributed by atoms with Gasteiger partial charge in [-0.1, -0.05) is 44.2 Å². The van der Waals surface area contributed by atoms with E-state index < -0.39 is 77.5 Å². The van der Waals surface area contributed by atoms with E-state index in [1.54, 1.807) is 61.2 Å². The number of imide groups is 1. The maximum Gasteiger partial charge on any atom is 0.415 e. The van der Waals surface area contributed by atoms with Crippen molar-refractivity contribution in [3.05, 3.63) is 131 Å². The first-order valence-corrected chi connectivity index (χ1v) is 28.4. The number of phenolic OH excluding ortho intramolecular Hbond substituents is 1. The smallest absolute Gasteiger partial charge is 0.415 e. The van der Waals surface area contributed by atoms with Gasteiger partial charge in [0.15, 0.2) is 5.78 Å². The fourth-order valence-corrected chi connectivity index (χ4v) is 10.3. The highest BCUT2D eigenvalue weighted by Gasteiger charge is 2.37. The van der Waals surface area contributed by atoms with Crippen molar-refractivity contribution >= 4 is 110 Å². The van der Waals surface area contributed by atoms with Crippen LogP contribution in [0.1, 0.15) is 76.6 Å². The Morgan fingerprint density at radius 2 is 1.57 bits per heavy atom. The van der Waals surface area contributed by atoms with Crippen LogP contribution >= 0.6 is 11.6 Å². The highest BCUT2D eigenvalue weighted by Crippen LogP contribution is 2.47. The molecule has 0 radical (unpaired) electrons. The molecule has 2 aliphatic rings. The standard InChI is InChI=1S/C61H66ClN11O14/c1-34(2)53(69-59(82)85-25-24-72-49(76)19-20-50(72)77)47(75)28-38(9-7-21-64-58(63)81)56(79)66-41-15-11-36(12-16-41)33-86-60(83)70(4)22-23-71(5)61(84)87-48-29-46-52(51-35(3)8-6-10-44(48)51)40(30-62)32-73(46)57(80)45-27-39-26-42(31-65-54(39)68-45)67-55(78)37-13-17-43(74)18-14-37/h6,8,10-20,26-27,29,31,34,38,40,53,74H,7,9,21-25,28,30,32-33H2,1-5H3,(H,65,68)(H,66,79)(H,67,78)(H,69,82)(H3,63,64,81)/t38-,40-,53+/m1/s1. The van der Waals surface area contributed by atoms with E-state index in [0.29, 0.717) is 44.6 Å². The summed E-state index contributed by atoms with van der Waals surface area (Å²) in [5.41, 5.74) is 9.70. The zero-order valence-corrected chi connectivity index (χ0v) is 49.1. The van der Waals surface area contributed by atoms with Crippen LogP contribution in [0.5, 0.6) is 11.5 Å². The van der Waals surface area contributed by atoms with Crippen molar-refractivity contribution in [2.24, 2.45) is 17.6 Å². The number of carbonyl (C=O) groups is 10. The molecule has 4 heterocycles. The van der Waals surface area contributed by atoms with Gasteiger partial charge in [-0.05, 0) is 96.3 Å². The molecule has 0 aliphatic carbocycles. The molecule has 8 N–H and O–H groups in total. The second kappa shape index (κ2) is 28.2. The zero-order valence-electron chi connectivity index (χ0n) is 48.3. The number of alkyl halides is 1. The van der Waals surface area contributed by atoms with E-state index in [4.69, 9.17) is 31.5 Å². The number of ether oxygens (including phenoxy) is 3. The molecule has 0 bridgehead atoms. The number of benzene rings is 4. The topological polar surface area (TPSA) is 334 Å². The van der Waals surface area contributed by atoms with Crippen molar-refractivity contribution < 1.29 is 67.3 Å². The lowest BCUT2D eigenvalue weighted by Gasteiger charge is -2.24. The molecule has 0 saturated heterocycles. The summed E-state index contributed by atoms with van der Waals surface area (Å²) in [4.78, 5) is 142. The molecule has 0 spiro atoms. The summed E-state index contributed by atoms with van der Waals surface area (Å²) in [6, 6.07) is 21.0. The average molecular weight is 1210 g/mol. The number of pyridine rings is 1. The van der Waals surface area contributed by atoms with Crippen LogP contribution in [0.15, 0.2) is 103 Å². The van der Waals surface area contributed by atoms with Gasteiger partial charge in [-0.3, -0.25) is 33.7 Å². The molecule has 0 fully saturated rings. The molecule has 26 heteroatoms. The Morgan fingerprint density at radius 1 is 0.874 bits per heavy atom. The number of aromatic nitrogens is 2. The van der Waals surface area contributed by atoms with E-state index in [1.165, 1.54) is 54.4 Å². The first-order valence-electron chi connectivity index (χ1n) is 27.9. The predicted octanol–water partition coefficient (Wildman–Crippen LogP) is 7.30. The van der Waals surface area contributed by atoms with Crippen molar-refractivity contribution in [1.29, 1.82) is 0 Å². The number of hydrogen-bond donors (Lipinski definition) is 7. The van der Waals surface area contributed by atoms with Crippen molar-refractivity contribution in [3.8, 4) is 11.5 Å². The SMILES string of the molecule is Cc1cccc2c(OC(=O)N(C)CCN(C)C(=O)OCc3ccc(NC(=O)[C@H](CCCNC(N)=O)CC(=O)[C@@H](NC(=O)OCCN4C(=O)C=CC4=O)C(C)C)cc3)cc3c(c12)[C@H](CCl)CN3C(=O)c1cc2cc(NC(=O)c3ccc(O)cc3)cnc2[nH]1. The lowest BCUT2D eigenvalue weighted by atomic mass is 9.89. The number of nitrogens with one attached hydrogen (secondary N) is 5. The molecular weight excluding hydrogens is 1150 g/mol. The van der Waals surface area contributed by atoms with E-state index in [2.05, 4.69) is 31.2 Å². The number of H-pyrrole nitrogens is 1. The van der Waals surface area contributed by atoms with Gasteiger partial charge in [0.2, 0.25) is 5.91 Å². The Bertz CT molecular complexity index is 3650. The fourth-order valence-electron chi connectivity index (χ4n) is 10.0. The largest absolute Gasteiger partial charge is 0.508 e. The van der Waals surface area contributed by atoms with Gasteiger partial charge < -0.3 is 66.0 Å². The number of phenols is 1. The van der Waals surface area contributed by atoms with Gasteiger partial charge >= 0.3 is 24.3 Å². The normalized spacial score (nSPS) is 14.1. The van der Waals surface area contributed by atoms with Crippen LogP contribution in [0.25, 0.3) is 21.8 Å². The summed E-state index contributed by atoms with van der Waals surface area (Å²) in [6.45, 7) is 5.15. The van der Waals surface area contributed by atoms with Gasteiger partial charge in [-0.25, -0.2) is 24.2 Å². The highest BCUT2D eigenvalue weighted by atomic mass is 35.5. The van der Waals surface area contributed by atoms with Gasteiger partial charge in [-0.2, -0.15) is 0 Å². The number of nitrogens with two attached hydrogens (primary N) is 1. The Labute approximate surface area is 504 Å². The van der Waals surface area contributed by atoms with Crippen molar-refractivity contribution in [2.75, 3.05) is 74.8 Å². The Kier molecular flexibility index (Phi) is 20.4. The molecule has 3 atom stereocenters. The molecule has 0 unspecified atom stereocenters. The molecule has 0 saturated carbocycles. The van der Waals surface area contributed by atoms with Crippen molar-refractivity contribution in [1.82, 2.24) is 35.3 Å². The van der Waals surface area contributed by atoms with Crippen LogP contribution in [0, 0.1) is 18.8 Å². The van der Waals surface area contributed by atoms with E-state index in [0.717, 1.165) is 33.6 Å². The molecule has 2 aliphatic heterocycles. The van der Waals surface area contributed by atoms with Gasteiger partial charge in [0.1, 0.15) is 36.1 Å². The monoisotopic (exact) mass is 1210 g/mol. The van der Waals surface area contributed by atoms with E-state index >= 15 is 0 Å². The second-order valence-electron chi connectivity index (χ2n) is 21.3.